The van der Waals surface area contributed by atoms with Crippen LogP contribution >= 0.6 is 0 Å². The highest BCUT2D eigenvalue weighted by molar-refractivity contribution is 6.00. The number of nitrogens with zero attached hydrogens (tertiary/aromatic N) is 3. The van der Waals surface area contributed by atoms with Crippen molar-refractivity contribution >= 4 is 11.9 Å². The van der Waals surface area contributed by atoms with E-state index in [1.807, 2.05) is 11.9 Å². The molecule has 0 atom stereocenters. The Morgan fingerprint density at radius 3 is 2.00 bits per heavy atom. The molecule has 0 saturated carbocycles. The molecule has 1 aliphatic rings. The van der Waals surface area contributed by atoms with Crippen molar-refractivity contribution in [3.63, 3.8) is 0 Å². The highest BCUT2D eigenvalue weighted by Gasteiger charge is 2.22. The zero-order valence-corrected chi connectivity index (χ0v) is 8.63. The van der Waals surface area contributed by atoms with Gasteiger partial charge >= 0.3 is 0 Å². The van der Waals surface area contributed by atoms with Crippen LogP contribution in [0.15, 0.2) is 9.98 Å². The van der Waals surface area contributed by atoms with Gasteiger partial charge in [0, 0.05) is 21.1 Å². The van der Waals surface area contributed by atoms with Crippen molar-refractivity contribution < 1.29 is 0 Å². The van der Waals surface area contributed by atoms with Crippen molar-refractivity contribution in [1.82, 2.24) is 15.5 Å². The molecule has 1 aliphatic heterocycles. The number of guanidine groups is 2. The summed E-state index contributed by atoms with van der Waals surface area (Å²) in [5.41, 5.74) is 0. The number of hydrogen-bond donors (Lipinski definition) is 2. The fourth-order valence-corrected chi connectivity index (χ4v) is 1.27. The van der Waals surface area contributed by atoms with Crippen LogP contribution in [0.2, 0.25) is 0 Å². The Bertz CT molecular complexity index is 211. The van der Waals surface area contributed by atoms with Crippen molar-refractivity contribution in [2.45, 2.75) is 19.5 Å². The third kappa shape index (κ3) is 1.91. The smallest absolute Gasteiger partial charge is 0.201 e. The van der Waals surface area contributed by atoms with Gasteiger partial charge in [-0.2, -0.15) is 0 Å². The zero-order valence-electron chi connectivity index (χ0n) is 8.63. The van der Waals surface area contributed by atoms with E-state index in [2.05, 4.69) is 27.5 Å². The van der Waals surface area contributed by atoms with Crippen LogP contribution in [-0.4, -0.2) is 44.1 Å². The first-order valence-corrected chi connectivity index (χ1v) is 4.43. The predicted molar refractivity (Wildman–Crippen MR) is 54.8 cm³/mol. The number of hydrogen-bond acceptors (Lipinski definition) is 2. The Morgan fingerprint density at radius 2 is 1.69 bits per heavy atom. The molecule has 0 spiro atoms. The molecule has 2 N–H and O–H groups in total. The summed E-state index contributed by atoms with van der Waals surface area (Å²) in [6.45, 7) is 2.11. The van der Waals surface area contributed by atoms with Crippen LogP contribution in [0, 0.1) is 0 Å². The van der Waals surface area contributed by atoms with Crippen LogP contribution in [0.5, 0.6) is 0 Å². The molecule has 1 rings (SSSR count). The third-order valence-corrected chi connectivity index (χ3v) is 2.07. The Kier molecular flexibility index (Phi) is 3.11. The summed E-state index contributed by atoms with van der Waals surface area (Å²) in [7, 11) is 5.46. The minimum Gasteiger partial charge on any atom is -0.336 e. The van der Waals surface area contributed by atoms with Gasteiger partial charge in [-0.3, -0.25) is 14.9 Å². The van der Waals surface area contributed by atoms with Crippen LogP contribution in [0.3, 0.4) is 0 Å². The van der Waals surface area contributed by atoms with Gasteiger partial charge in [0.15, 0.2) is 0 Å². The first-order chi connectivity index (χ1) is 6.22. The van der Waals surface area contributed by atoms with E-state index < -0.39 is 0 Å². The molecule has 0 aromatic heterocycles. The van der Waals surface area contributed by atoms with Crippen molar-refractivity contribution in [2.75, 3.05) is 21.1 Å². The summed E-state index contributed by atoms with van der Waals surface area (Å²) in [5.74, 6) is 1.71. The molecule has 5 heteroatoms. The lowest BCUT2D eigenvalue weighted by atomic mass is 10.3. The van der Waals surface area contributed by atoms with Gasteiger partial charge < -0.3 is 10.6 Å². The maximum Gasteiger partial charge on any atom is 0.201 e. The van der Waals surface area contributed by atoms with Gasteiger partial charge in [0.05, 0.1) is 0 Å². The highest BCUT2D eigenvalue weighted by Crippen LogP contribution is 1.98. The molecule has 74 valence electrons. The van der Waals surface area contributed by atoms with Gasteiger partial charge in [-0.1, -0.05) is 6.92 Å². The van der Waals surface area contributed by atoms with E-state index >= 15 is 0 Å². The number of rotatable bonds is 1. The van der Waals surface area contributed by atoms with Crippen LogP contribution in [0.1, 0.15) is 13.3 Å². The highest BCUT2D eigenvalue weighted by atomic mass is 15.5. The minimum absolute atomic E-state index is 0.230. The molecule has 0 aromatic carbocycles. The van der Waals surface area contributed by atoms with Gasteiger partial charge in [-0.15, -0.1) is 0 Å². The standard InChI is InChI=1S/C8H17N5/c1-5-6-11-7(9-2)13(4)8(10-3)12-6/h6H,5H2,1-4H3,(H,9,11)(H,10,12). The molecule has 0 radical (unpaired) electrons. The van der Waals surface area contributed by atoms with Crippen LogP contribution in [0.25, 0.3) is 0 Å². The number of nitrogens with one attached hydrogen (secondary N) is 2. The van der Waals surface area contributed by atoms with Gasteiger partial charge in [0.2, 0.25) is 11.9 Å². The van der Waals surface area contributed by atoms with Gasteiger partial charge in [-0.25, -0.2) is 0 Å². The molecule has 0 bridgehead atoms. The molecule has 1 heterocycles. The van der Waals surface area contributed by atoms with E-state index in [-0.39, 0.29) is 6.17 Å². The topological polar surface area (TPSA) is 52.0 Å². The predicted octanol–water partition coefficient (Wildman–Crippen LogP) is -0.181. The first kappa shape index (κ1) is 9.83. The Hall–Kier alpha value is -1.26. The largest absolute Gasteiger partial charge is 0.336 e. The van der Waals surface area contributed by atoms with Gasteiger partial charge in [0.25, 0.3) is 0 Å². The molecule has 1 fully saturated rings. The monoisotopic (exact) mass is 183 g/mol. The van der Waals surface area contributed by atoms with E-state index in [0.717, 1.165) is 18.3 Å². The van der Waals surface area contributed by atoms with E-state index in [9.17, 15) is 0 Å². The van der Waals surface area contributed by atoms with Crippen molar-refractivity contribution in [1.29, 1.82) is 0 Å². The minimum atomic E-state index is 0.230. The fourth-order valence-electron chi connectivity index (χ4n) is 1.27. The summed E-state index contributed by atoms with van der Waals surface area (Å²) in [4.78, 5) is 10.2. The van der Waals surface area contributed by atoms with Crippen LogP contribution in [0.4, 0.5) is 0 Å². The summed E-state index contributed by atoms with van der Waals surface area (Å²) < 4.78 is 0. The summed E-state index contributed by atoms with van der Waals surface area (Å²) in [6, 6.07) is 0. The maximum absolute atomic E-state index is 4.14. The Balaban J connectivity index is 2.81. The molecule has 5 nitrogen and oxygen atoms in total. The molecule has 1 saturated heterocycles. The summed E-state index contributed by atoms with van der Waals surface area (Å²) >= 11 is 0. The molecular weight excluding hydrogens is 166 g/mol. The fraction of sp³-hybridized carbons (Fsp3) is 0.750. The van der Waals surface area contributed by atoms with Gasteiger partial charge in [-0.05, 0) is 6.42 Å². The van der Waals surface area contributed by atoms with E-state index in [1.54, 1.807) is 14.1 Å². The first-order valence-electron chi connectivity index (χ1n) is 4.43. The Morgan fingerprint density at radius 1 is 1.23 bits per heavy atom. The molecule has 0 unspecified atom stereocenters. The SMILES string of the molecule is CCC1NC(=NC)N(C)C(=NC)N1. The van der Waals surface area contributed by atoms with E-state index in [4.69, 9.17) is 0 Å². The van der Waals surface area contributed by atoms with Crippen LogP contribution in [-0.2, 0) is 0 Å². The molecule has 13 heavy (non-hydrogen) atoms. The molecule has 0 aromatic rings. The van der Waals surface area contributed by atoms with Crippen molar-refractivity contribution in [2.24, 2.45) is 9.98 Å². The zero-order chi connectivity index (χ0) is 9.84. The summed E-state index contributed by atoms with van der Waals surface area (Å²) in [5, 5.41) is 6.50. The normalized spacial score (nSPS) is 28.9. The maximum atomic E-state index is 4.14. The average Bonchev–Trinajstić information content (AvgIpc) is 2.18. The quantitative estimate of drug-likeness (QED) is 0.593. The van der Waals surface area contributed by atoms with Crippen molar-refractivity contribution in [3.8, 4) is 0 Å². The number of aliphatic imine (C=N–C) groups is 2. The second-order valence-electron chi connectivity index (χ2n) is 2.90. The van der Waals surface area contributed by atoms with Crippen LogP contribution < -0.4 is 10.6 Å². The van der Waals surface area contributed by atoms with Crippen molar-refractivity contribution in [3.05, 3.63) is 0 Å². The van der Waals surface area contributed by atoms with Gasteiger partial charge in [0.1, 0.15) is 6.17 Å². The molecular formula is C8H17N5. The lowest BCUT2D eigenvalue weighted by Gasteiger charge is -2.35. The second-order valence-corrected chi connectivity index (χ2v) is 2.90. The average molecular weight is 183 g/mol. The second kappa shape index (κ2) is 4.11. The lowest BCUT2D eigenvalue weighted by molar-refractivity contribution is 0.464. The summed E-state index contributed by atoms with van der Waals surface area (Å²) in [6.07, 6.45) is 1.22. The third-order valence-electron chi connectivity index (χ3n) is 2.07. The van der Waals surface area contributed by atoms with E-state index in [0.29, 0.717) is 0 Å². The Labute approximate surface area is 78.9 Å². The lowest BCUT2D eigenvalue weighted by Crippen LogP contribution is -2.63. The molecule has 0 aliphatic carbocycles. The molecule has 0 amide bonds. The van der Waals surface area contributed by atoms with E-state index in [1.165, 1.54) is 0 Å².